The molecule has 3 fully saturated rings. The van der Waals surface area contributed by atoms with Gasteiger partial charge in [0, 0.05) is 12.8 Å². The number of hydrogen-bond acceptors (Lipinski definition) is 2. The third-order valence-corrected chi connectivity index (χ3v) is 9.22. The summed E-state index contributed by atoms with van der Waals surface area (Å²) in [5, 5.41) is 9.26. The Kier molecular flexibility index (Phi) is 4.36. The fraction of sp³-hybridized carbons (Fsp3) is 0.826. The lowest BCUT2D eigenvalue weighted by atomic mass is 9.46. The number of fused-ring (bicyclic) bond motifs is 5. The van der Waals surface area contributed by atoms with Gasteiger partial charge in [0.25, 0.3) is 0 Å². The van der Waals surface area contributed by atoms with E-state index in [4.69, 9.17) is 0 Å². The van der Waals surface area contributed by atoms with E-state index in [1.54, 1.807) is 0 Å². The smallest absolute Gasteiger partial charge is 0.303 e. The van der Waals surface area contributed by atoms with Crippen molar-refractivity contribution >= 4 is 11.8 Å². The Hall–Kier alpha value is -1.12. The summed E-state index contributed by atoms with van der Waals surface area (Å²) in [6.07, 6.45) is 11.4. The summed E-state index contributed by atoms with van der Waals surface area (Å²) in [4.78, 5) is 23.2. The Morgan fingerprint density at radius 2 is 1.92 bits per heavy atom. The maximum absolute atomic E-state index is 11.9. The summed E-state index contributed by atoms with van der Waals surface area (Å²) in [7, 11) is 0. The van der Waals surface area contributed by atoms with Crippen LogP contribution in [0.25, 0.3) is 0 Å². The molecule has 4 aliphatic rings. The maximum atomic E-state index is 11.9. The van der Waals surface area contributed by atoms with Crippen LogP contribution >= 0.6 is 0 Å². The monoisotopic (exact) mass is 358 g/mol. The first kappa shape index (κ1) is 18.3. The molecule has 4 rings (SSSR count). The van der Waals surface area contributed by atoms with Gasteiger partial charge in [0.2, 0.25) is 0 Å². The van der Waals surface area contributed by atoms with Crippen molar-refractivity contribution in [3.8, 4) is 0 Å². The van der Waals surface area contributed by atoms with Gasteiger partial charge in [0.15, 0.2) is 5.78 Å². The Morgan fingerprint density at radius 3 is 2.65 bits per heavy atom. The molecule has 3 nitrogen and oxygen atoms in total. The highest BCUT2D eigenvalue weighted by Crippen LogP contribution is 2.67. The molecule has 0 aromatic rings. The summed E-state index contributed by atoms with van der Waals surface area (Å²) >= 11 is 0. The van der Waals surface area contributed by atoms with E-state index in [-0.39, 0.29) is 11.3 Å². The minimum absolute atomic E-state index is 0.239. The Bertz CT molecular complexity index is 650. The third kappa shape index (κ3) is 2.60. The molecule has 3 saturated carbocycles. The number of hydrogen-bond donors (Lipinski definition) is 1. The zero-order valence-corrected chi connectivity index (χ0v) is 16.6. The van der Waals surface area contributed by atoms with Gasteiger partial charge >= 0.3 is 5.97 Å². The van der Waals surface area contributed by atoms with Crippen LogP contribution in [0.15, 0.2) is 11.6 Å². The molecule has 0 aromatic carbocycles. The predicted molar refractivity (Wildman–Crippen MR) is 102 cm³/mol. The first-order valence-corrected chi connectivity index (χ1v) is 10.7. The van der Waals surface area contributed by atoms with Crippen LogP contribution in [0.1, 0.15) is 78.6 Å². The molecule has 0 heterocycles. The summed E-state index contributed by atoms with van der Waals surface area (Å²) < 4.78 is 0. The molecule has 7 atom stereocenters. The molecule has 0 aliphatic heterocycles. The zero-order chi connectivity index (χ0) is 18.7. The van der Waals surface area contributed by atoms with Crippen molar-refractivity contribution in [2.75, 3.05) is 0 Å². The number of carboxylic acid groups (broad SMARTS) is 1. The molecule has 0 bridgehead atoms. The van der Waals surface area contributed by atoms with Gasteiger partial charge < -0.3 is 5.11 Å². The van der Waals surface area contributed by atoms with Crippen LogP contribution in [0.5, 0.6) is 0 Å². The quantitative estimate of drug-likeness (QED) is 0.750. The standard InChI is InChI=1S/C23H34O3/c1-14(12-21(25)26)18-6-7-19-17-5-4-15-13-16(24)8-10-22(15,2)20(17)9-11-23(18,19)3/h13-14,17-20H,4-12H2,1-3H3,(H,25,26)/t14?,17-,18+,19-,20-,22-,23+/m0/s1. The van der Waals surface area contributed by atoms with Crippen LogP contribution in [-0.4, -0.2) is 16.9 Å². The lowest BCUT2D eigenvalue weighted by Gasteiger charge is -2.58. The van der Waals surface area contributed by atoms with E-state index >= 15 is 0 Å². The molecule has 0 amide bonds. The van der Waals surface area contributed by atoms with Crippen LogP contribution in [0, 0.1) is 40.4 Å². The molecule has 1 unspecified atom stereocenters. The SMILES string of the molecule is CC(CC(=O)O)[C@H]1CC[C@H]2[C@@H]3CCC4=CC(=O)CC[C@]4(C)[C@H]3CC[C@]12C. The molecule has 0 saturated heterocycles. The van der Waals surface area contributed by atoms with E-state index in [0.29, 0.717) is 23.5 Å². The van der Waals surface area contributed by atoms with Crippen LogP contribution in [0.2, 0.25) is 0 Å². The number of ketones is 1. The van der Waals surface area contributed by atoms with Crippen molar-refractivity contribution < 1.29 is 14.7 Å². The van der Waals surface area contributed by atoms with Crippen LogP contribution in [-0.2, 0) is 9.59 Å². The number of carbonyl (C=O) groups is 2. The second kappa shape index (κ2) is 6.21. The molecule has 0 radical (unpaired) electrons. The van der Waals surface area contributed by atoms with E-state index in [0.717, 1.165) is 37.0 Å². The second-order valence-corrected chi connectivity index (χ2v) is 10.3. The molecular weight excluding hydrogens is 324 g/mol. The highest BCUT2D eigenvalue weighted by atomic mass is 16.4. The normalized spacial score (nSPS) is 46.0. The second-order valence-electron chi connectivity index (χ2n) is 10.3. The highest BCUT2D eigenvalue weighted by molar-refractivity contribution is 5.91. The zero-order valence-electron chi connectivity index (χ0n) is 16.6. The van der Waals surface area contributed by atoms with Gasteiger partial charge in [-0.15, -0.1) is 0 Å². The first-order chi connectivity index (χ1) is 12.3. The summed E-state index contributed by atoms with van der Waals surface area (Å²) in [6.45, 7) is 7.07. The lowest BCUT2D eigenvalue weighted by Crippen LogP contribution is -2.51. The molecule has 0 spiro atoms. The number of carboxylic acids is 1. The Morgan fingerprint density at radius 1 is 1.15 bits per heavy atom. The van der Waals surface area contributed by atoms with Gasteiger partial charge in [-0.25, -0.2) is 0 Å². The topological polar surface area (TPSA) is 54.4 Å². The molecule has 1 N–H and O–H groups in total. The Labute approximate surface area is 157 Å². The average Bonchev–Trinajstić information content (AvgIpc) is 2.92. The predicted octanol–water partition coefficient (Wildman–Crippen LogP) is 5.25. The van der Waals surface area contributed by atoms with E-state index in [1.165, 1.54) is 37.7 Å². The van der Waals surface area contributed by atoms with Crippen molar-refractivity contribution in [1.29, 1.82) is 0 Å². The fourth-order valence-electron chi connectivity index (χ4n) is 7.95. The van der Waals surface area contributed by atoms with E-state index in [9.17, 15) is 14.7 Å². The van der Waals surface area contributed by atoms with Crippen molar-refractivity contribution in [2.45, 2.75) is 78.6 Å². The summed E-state index contributed by atoms with van der Waals surface area (Å²) in [6, 6.07) is 0. The minimum Gasteiger partial charge on any atom is -0.481 e. The van der Waals surface area contributed by atoms with Crippen LogP contribution in [0.4, 0.5) is 0 Å². The number of rotatable bonds is 3. The number of allylic oxidation sites excluding steroid dienone is 1. The van der Waals surface area contributed by atoms with E-state index in [2.05, 4.69) is 20.8 Å². The van der Waals surface area contributed by atoms with Gasteiger partial charge in [0.1, 0.15) is 0 Å². The minimum atomic E-state index is -0.648. The van der Waals surface area contributed by atoms with Crippen molar-refractivity contribution in [2.24, 2.45) is 40.4 Å². The summed E-state index contributed by atoms with van der Waals surface area (Å²) in [5.74, 6) is 2.76. The molecule has 0 aromatic heterocycles. The average molecular weight is 359 g/mol. The molecule has 4 aliphatic carbocycles. The molecular formula is C23H34O3. The van der Waals surface area contributed by atoms with Crippen molar-refractivity contribution in [3.05, 3.63) is 11.6 Å². The van der Waals surface area contributed by atoms with Crippen molar-refractivity contribution in [1.82, 2.24) is 0 Å². The van der Waals surface area contributed by atoms with Crippen LogP contribution < -0.4 is 0 Å². The molecule has 144 valence electrons. The van der Waals surface area contributed by atoms with Crippen LogP contribution in [0.3, 0.4) is 0 Å². The Balaban J connectivity index is 1.59. The maximum Gasteiger partial charge on any atom is 0.303 e. The summed E-state index contributed by atoms with van der Waals surface area (Å²) in [5.41, 5.74) is 1.99. The van der Waals surface area contributed by atoms with Gasteiger partial charge in [-0.1, -0.05) is 26.3 Å². The van der Waals surface area contributed by atoms with E-state index in [1.807, 2.05) is 6.08 Å². The van der Waals surface area contributed by atoms with Gasteiger partial charge in [-0.05, 0) is 91.4 Å². The lowest BCUT2D eigenvalue weighted by molar-refractivity contribution is -0.139. The number of aliphatic carboxylic acids is 1. The van der Waals surface area contributed by atoms with Gasteiger partial charge in [0.05, 0.1) is 0 Å². The van der Waals surface area contributed by atoms with Gasteiger partial charge in [-0.2, -0.15) is 0 Å². The van der Waals surface area contributed by atoms with Crippen molar-refractivity contribution in [3.63, 3.8) is 0 Å². The largest absolute Gasteiger partial charge is 0.481 e. The first-order valence-electron chi connectivity index (χ1n) is 10.7. The number of carbonyl (C=O) groups excluding carboxylic acids is 1. The molecule has 26 heavy (non-hydrogen) atoms. The van der Waals surface area contributed by atoms with Gasteiger partial charge in [-0.3, -0.25) is 9.59 Å². The third-order valence-electron chi connectivity index (χ3n) is 9.22. The fourth-order valence-corrected chi connectivity index (χ4v) is 7.95. The highest BCUT2D eigenvalue weighted by Gasteiger charge is 2.59. The van der Waals surface area contributed by atoms with E-state index < -0.39 is 5.97 Å². The molecule has 3 heteroatoms.